The second-order valence-corrected chi connectivity index (χ2v) is 5.22. The maximum Gasteiger partial charge on any atom is 0.337 e. The Labute approximate surface area is 146 Å². The maximum atomic E-state index is 11.6. The predicted molar refractivity (Wildman–Crippen MR) is 93.2 cm³/mol. The lowest BCUT2D eigenvalue weighted by Crippen LogP contribution is -2.13. The van der Waals surface area contributed by atoms with Gasteiger partial charge in [-0.3, -0.25) is 4.79 Å². The fourth-order valence-corrected chi connectivity index (χ4v) is 2.12. The summed E-state index contributed by atoms with van der Waals surface area (Å²) in [5, 5.41) is 0. The summed E-state index contributed by atoms with van der Waals surface area (Å²) >= 11 is 0. The summed E-state index contributed by atoms with van der Waals surface area (Å²) in [6, 6.07) is 13.7. The second kappa shape index (κ2) is 9.44. The molecule has 0 aliphatic heterocycles. The number of methoxy groups -OCH3 is 1. The standard InChI is InChI=1S/C19H21NO5/c1-23-19(22)14-6-8-16(9-7-14)24-10-3-11-25-17-5-2-4-15(12-17)18(21)13-20/h2,4-9,12H,3,10-11,13,20H2,1H3. The first-order valence-corrected chi connectivity index (χ1v) is 7.91. The molecular weight excluding hydrogens is 322 g/mol. The lowest BCUT2D eigenvalue weighted by molar-refractivity contribution is 0.0600. The number of nitrogens with two attached hydrogens (primary N) is 1. The monoisotopic (exact) mass is 343 g/mol. The van der Waals surface area contributed by atoms with Crippen molar-refractivity contribution in [2.45, 2.75) is 6.42 Å². The van der Waals surface area contributed by atoms with E-state index in [9.17, 15) is 9.59 Å². The van der Waals surface area contributed by atoms with E-state index in [1.807, 2.05) is 0 Å². The summed E-state index contributed by atoms with van der Waals surface area (Å²) in [6.07, 6.45) is 0.674. The third-order valence-electron chi connectivity index (χ3n) is 3.44. The third kappa shape index (κ3) is 5.61. The Hall–Kier alpha value is -2.86. The van der Waals surface area contributed by atoms with Gasteiger partial charge in [0.05, 0.1) is 32.4 Å². The van der Waals surface area contributed by atoms with Gasteiger partial charge in [-0.15, -0.1) is 0 Å². The molecule has 6 heteroatoms. The van der Waals surface area contributed by atoms with Crippen molar-refractivity contribution in [2.24, 2.45) is 5.73 Å². The number of Topliss-reactive ketones (excluding diaryl/α,β-unsaturated/α-hetero) is 1. The fourth-order valence-electron chi connectivity index (χ4n) is 2.12. The molecule has 0 heterocycles. The number of rotatable bonds is 9. The Morgan fingerprint density at radius 2 is 1.60 bits per heavy atom. The predicted octanol–water partition coefficient (Wildman–Crippen LogP) is 2.46. The van der Waals surface area contributed by atoms with Gasteiger partial charge in [0, 0.05) is 12.0 Å². The van der Waals surface area contributed by atoms with E-state index in [-0.39, 0.29) is 18.3 Å². The first-order valence-electron chi connectivity index (χ1n) is 7.91. The molecule has 0 aromatic heterocycles. The fraction of sp³-hybridized carbons (Fsp3) is 0.263. The Bertz CT molecular complexity index is 712. The zero-order chi connectivity index (χ0) is 18.1. The molecule has 0 amide bonds. The molecular formula is C19H21NO5. The van der Waals surface area contributed by atoms with E-state index in [1.54, 1.807) is 48.5 Å². The van der Waals surface area contributed by atoms with Gasteiger partial charge in [-0.1, -0.05) is 12.1 Å². The Kier molecular flexibility index (Phi) is 6.98. The van der Waals surface area contributed by atoms with Crippen LogP contribution >= 0.6 is 0 Å². The van der Waals surface area contributed by atoms with E-state index in [0.717, 1.165) is 0 Å². The molecule has 0 bridgehead atoms. The van der Waals surface area contributed by atoms with Crippen molar-refractivity contribution in [1.29, 1.82) is 0 Å². The summed E-state index contributed by atoms with van der Waals surface area (Å²) < 4.78 is 15.8. The minimum Gasteiger partial charge on any atom is -0.493 e. The second-order valence-electron chi connectivity index (χ2n) is 5.22. The number of carbonyl (C=O) groups is 2. The number of esters is 1. The van der Waals surface area contributed by atoms with Crippen molar-refractivity contribution in [3.63, 3.8) is 0 Å². The van der Waals surface area contributed by atoms with Crippen LogP contribution in [-0.2, 0) is 4.74 Å². The van der Waals surface area contributed by atoms with E-state index >= 15 is 0 Å². The lowest BCUT2D eigenvalue weighted by Gasteiger charge is -2.09. The largest absolute Gasteiger partial charge is 0.493 e. The van der Waals surface area contributed by atoms with E-state index in [0.29, 0.717) is 42.3 Å². The van der Waals surface area contributed by atoms with E-state index in [4.69, 9.17) is 15.2 Å². The Balaban J connectivity index is 1.73. The average Bonchev–Trinajstić information content (AvgIpc) is 2.67. The zero-order valence-corrected chi connectivity index (χ0v) is 14.1. The molecule has 0 spiro atoms. The number of hydrogen-bond donors (Lipinski definition) is 1. The summed E-state index contributed by atoms with van der Waals surface area (Å²) in [4.78, 5) is 22.9. The summed E-state index contributed by atoms with van der Waals surface area (Å²) in [7, 11) is 1.34. The van der Waals surface area contributed by atoms with Crippen LogP contribution in [0.1, 0.15) is 27.1 Å². The average molecular weight is 343 g/mol. The van der Waals surface area contributed by atoms with Crippen LogP contribution in [0.2, 0.25) is 0 Å². The highest BCUT2D eigenvalue weighted by molar-refractivity contribution is 5.97. The van der Waals surface area contributed by atoms with Crippen LogP contribution in [-0.4, -0.2) is 38.6 Å². The molecule has 0 atom stereocenters. The van der Waals surface area contributed by atoms with Crippen molar-refractivity contribution in [1.82, 2.24) is 0 Å². The van der Waals surface area contributed by atoms with Gasteiger partial charge >= 0.3 is 5.97 Å². The number of ether oxygens (including phenoxy) is 3. The number of hydrogen-bond acceptors (Lipinski definition) is 6. The van der Waals surface area contributed by atoms with Crippen LogP contribution < -0.4 is 15.2 Å². The topological polar surface area (TPSA) is 87.9 Å². The molecule has 0 aliphatic carbocycles. The summed E-state index contributed by atoms with van der Waals surface area (Å²) in [5.74, 6) is 0.796. The van der Waals surface area contributed by atoms with Gasteiger partial charge in [0.25, 0.3) is 0 Å². The molecule has 25 heavy (non-hydrogen) atoms. The molecule has 0 saturated carbocycles. The molecule has 2 aromatic carbocycles. The Morgan fingerprint density at radius 1 is 0.920 bits per heavy atom. The van der Waals surface area contributed by atoms with E-state index in [1.165, 1.54) is 7.11 Å². The molecule has 0 aliphatic rings. The summed E-state index contributed by atoms with van der Waals surface area (Å²) in [5.41, 5.74) is 6.37. The Morgan fingerprint density at radius 3 is 2.24 bits per heavy atom. The van der Waals surface area contributed by atoms with Crippen LogP contribution in [0.4, 0.5) is 0 Å². The third-order valence-corrected chi connectivity index (χ3v) is 3.44. The first kappa shape index (κ1) is 18.5. The van der Waals surface area contributed by atoms with Crippen molar-refractivity contribution in [2.75, 3.05) is 26.9 Å². The molecule has 2 aromatic rings. The van der Waals surface area contributed by atoms with E-state index in [2.05, 4.69) is 4.74 Å². The summed E-state index contributed by atoms with van der Waals surface area (Å²) in [6.45, 7) is 0.908. The number of ketones is 1. The van der Waals surface area contributed by atoms with Crippen LogP contribution in [0.3, 0.4) is 0 Å². The van der Waals surface area contributed by atoms with Crippen LogP contribution in [0.25, 0.3) is 0 Å². The minimum atomic E-state index is -0.379. The van der Waals surface area contributed by atoms with Gasteiger partial charge in [0.15, 0.2) is 5.78 Å². The minimum absolute atomic E-state index is 0.0218. The van der Waals surface area contributed by atoms with Gasteiger partial charge in [-0.05, 0) is 36.4 Å². The first-order chi connectivity index (χ1) is 12.1. The van der Waals surface area contributed by atoms with Crippen molar-refractivity contribution in [3.8, 4) is 11.5 Å². The van der Waals surface area contributed by atoms with Crippen LogP contribution in [0.5, 0.6) is 11.5 Å². The van der Waals surface area contributed by atoms with Gasteiger partial charge < -0.3 is 19.9 Å². The van der Waals surface area contributed by atoms with Crippen molar-refractivity contribution < 1.29 is 23.8 Å². The molecule has 0 fully saturated rings. The van der Waals surface area contributed by atoms with Crippen LogP contribution in [0, 0.1) is 0 Å². The smallest absolute Gasteiger partial charge is 0.337 e. The molecule has 0 unspecified atom stereocenters. The molecule has 0 radical (unpaired) electrons. The molecule has 6 nitrogen and oxygen atoms in total. The molecule has 0 saturated heterocycles. The lowest BCUT2D eigenvalue weighted by atomic mass is 10.1. The van der Waals surface area contributed by atoms with Gasteiger partial charge in [-0.2, -0.15) is 0 Å². The van der Waals surface area contributed by atoms with E-state index < -0.39 is 0 Å². The number of carbonyl (C=O) groups excluding carboxylic acids is 2. The van der Waals surface area contributed by atoms with Gasteiger partial charge in [0.1, 0.15) is 11.5 Å². The quantitative estimate of drug-likeness (QED) is 0.427. The molecule has 2 N–H and O–H groups in total. The molecule has 132 valence electrons. The van der Waals surface area contributed by atoms with Gasteiger partial charge in [-0.25, -0.2) is 4.79 Å². The van der Waals surface area contributed by atoms with Crippen LogP contribution in [0.15, 0.2) is 48.5 Å². The van der Waals surface area contributed by atoms with Crippen molar-refractivity contribution in [3.05, 3.63) is 59.7 Å². The highest BCUT2D eigenvalue weighted by Crippen LogP contribution is 2.15. The normalized spacial score (nSPS) is 10.2. The maximum absolute atomic E-state index is 11.6. The zero-order valence-electron chi connectivity index (χ0n) is 14.1. The van der Waals surface area contributed by atoms with Gasteiger partial charge in [0.2, 0.25) is 0 Å². The van der Waals surface area contributed by atoms with Crippen molar-refractivity contribution >= 4 is 11.8 Å². The molecule has 2 rings (SSSR count). The highest BCUT2D eigenvalue weighted by Gasteiger charge is 2.05. The highest BCUT2D eigenvalue weighted by atomic mass is 16.5. The number of benzene rings is 2. The SMILES string of the molecule is COC(=O)c1ccc(OCCCOc2cccc(C(=O)CN)c2)cc1.